The summed E-state index contributed by atoms with van der Waals surface area (Å²) in [7, 11) is 3.12. The third-order valence-electron chi connectivity index (χ3n) is 6.36. The number of nitrogens with zero attached hydrogens (tertiary/aromatic N) is 3. The van der Waals surface area contributed by atoms with Crippen molar-refractivity contribution in [3.05, 3.63) is 76.7 Å². The number of nitrogens with one attached hydrogen (secondary N) is 1. The van der Waals surface area contributed by atoms with E-state index in [1.54, 1.807) is 36.1 Å². The molecule has 3 aromatic rings. The number of carbonyl (C=O) groups is 1. The van der Waals surface area contributed by atoms with E-state index in [0.717, 1.165) is 49.1 Å². The highest BCUT2D eigenvalue weighted by Crippen LogP contribution is 2.21. The predicted molar refractivity (Wildman–Crippen MR) is 144 cm³/mol. The molecule has 1 aliphatic heterocycles. The summed E-state index contributed by atoms with van der Waals surface area (Å²) in [5.41, 5.74) is 2.41. The van der Waals surface area contributed by atoms with Crippen molar-refractivity contribution < 1.29 is 19.0 Å². The zero-order valence-electron chi connectivity index (χ0n) is 21.6. The topological polar surface area (TPSA) is 85.3 Å². The highest BCUT2D eigenvalue weighted by molar-refractivity contribution is 5.90. The molecular weight excluding hydrogens is 472 g/mol. The van der Waals surface area contributed by atoms with Gasteiger partial charge in [-0.1, -0.05) is 0 Å². The standard InChI is InChI=1S/C28H34N4O5/c1-4-37-25-9-5-21(6-10-25)29-28(34)20-32-19-27(36-3)26(33)17-23(32)18-30-13-15-31(16-14-30)22-7-11-24(35-2)12-8-22/h5-12,17,19H,4,13-16,18,20H2,1-3H3,(H,29,34). The quantitative estimate of drug-likeness (QED) is 0.452. The first-order valence-corrected chi connectivity index (χ1v) is 12.4. The fraction of sp³-hybridized carbons (Fsp3) is 0.357. The smallest absolute Gasteiger partial charge is 0.244 e. The highest BCUT2D eigenvalue weighted by atomic mass is 16.5. The number of pyridine rings is 1. The van der Waals surface area contributed by atoms with Crippen LogP contribution in [0, 0.1) is 0 Å². The van der Waals surface area contributed by atoms with Crippen molar-refractivity contribution in [3.8, 4) is 17.2 Å². The summed E-state index contributed by atoms with van der Waals surface area (Å²) < 4.78 is 17.7. The van der Waals surface area contributed by atoms with Crippen molar-refractivity contribution in [1.82, 2.24) is 9.47 Å². The van der Waals surface area contributed by atoms with Crippen LogP contribution in [0.15, 0.2) is 65.6 Å². The Kier molecular flexibility index (Phi) is 8.68. The van der Waals surface area contributed by atoms with Crippen LogP contribution in [-0.4, -0.2) is 62.4 Å². The molecule has 0 unspecified atom stereocenters. The Morgan fingerprint density at radius 2 is 1.59 bits per heavy atom. The molecule has 1 saturated heterocycles. The van der Waals surface area contributed by atoms with Crippen LogP contribution in [0.25, 0.3) is 0 Å². The minimum absolute atomic E-state index is 0.0605. The van der Waals surface area contributed by atoms with Gasteiger partial charge in [-0.05, 0) is 55.5 Å². The van der Waals surface area contributed by atoms with Gasteiger partial charge in [0.1, 0.15) is 18.0 Å². The first kappa shape index (κ1) is 26.1. The van der Waals surface area contributed by atoms with Gasteiger partial charge in [0, 0.05) is 55.9 Å². The van der Waals surface area contributed by atoms with E-state index in [4.69, 9.17) is 14.2 Å². The van der Waals surface area contributed by atoms with Crippen molar-refractivity contribution in [2.24, 2.45) is 0 Å². The molecule has 1 aromatic heterocycles. The summed E-state index contributed by atoms with van der Waals surface area (Å²) in [6.07, 6.45) is 1.61. The Balaban J connectivity index is 1.41. The van der Waals surface area contributed by atoms with Gasteiger partial charge in [-0.3, -0.25) is 14.5 Å². The van der Waals surface area contributed by atoms with E-state index >= 15 is 0 Å². The lowest BCUT2D eigenvalue weighted by Gasteiger charge is -2.36. The Hall–Kier alpha value is -3.98. The molecule has 0 aliphatic carbocycles. The fourth-order valence-electron chi connectivity index (χ4n) is 4.37. The maximum absolute atomic E-state index is 12.9. The number of ether oxygens (including phenoxy) is 3. The van der Waals surface area contributed by atoms with Gasteiger partial charge in [0.15, 0.2) is 5.75 Å². The summed E-state index contributed by atoms with van der Waals surface area (Å²) >= 11 is 0. The lowest BCUT2D eigenvalue weighted by molar-refractivity contribution is -0.116. The highest BCUT2D eigenvalue weighted by Gasteiger charge is 2.20. The molecular formula is C28H34N4O5. The molecule has 0 spiro atoms. The number of hydrogen-bond donors (Lipinski definition) is 1. The molecule has 0 atom stereocenters. The number of amides is 1. The molecule has 9 heteroatoms. The van der Waals surface area contributed by atoms with Gasteiger partial charge < -0.3 is 29.0 Å². The molecule has 0 radical (unpaired) electrons. The minimum Gasteiger partial charge on any atom is -0.497 e. The van der Waals surface area contributed by atoms with Crippen LogP contribution >= 0.6 is 0 Å². The van der Waals surface area contributed by atoms with Crippen LogP contribution in [0.2, 0.25) is 0 Å². The van der Waals surface area contributed by atoms with Crippen LogP contribution in [-0.2, 0) is 17.9 Å². The fourth-order valence-corrected chi connectivity index (χ4v) is 4.37. The van der Waals surface area contributed by atoms with Crippen LogP contribution in [0.4, 0.5) is 11.4 Å². The number of piperazine rings is 1. The van der Waals surface area contributed by atoms with Gasteiger partial charge in [-0.2, -0.15) is 0 Å². The van der Waals surface area contributed by atoms with Crippen molar-refractivity contribution in [2.75, 3.05) is 57.2 Å². The second-order valence-corrected chi connectivity index (χ2v) is 8.79. The monoisotopic (exact) mass is 506 g/mol. The number of hydrogen-bond acceptors (Lipinski definition) is 7. The molecule has 9 nitrogen and oxygen atoms in total. The maximum atomic E-state index is 12.9. The number of methoxy groups -OCH3 is 2. The summed E-state index contributed by atoms with van der Waals surface area (Å²) in [5, 5.41) is 2.91. The zero-order chi connectivity index (χ0) is 26.2. The van der Waals surface area contributed by atoms with E-state index in [-0.39, 0.29) is 23.6 Å². The molecule has 0 saturated carbocycles. The van der Waals surface area contributed by atoms with Crippen molar-refractivity contribution >= 4 is 17.3 Å². The Morgan fingerprint density at radius 1 is 0.919 bits per heavy atom. The van der Waals surface area contributed by atoms with Crippen LogP contribution in [0.1, 0.15) is 12.6 Å². The largest absolute Gasteiger partial charge is 0.497 e. The third kappa shape index (κ3) is 6.83. The van der Waals surface area contributed by atoms with Crippen molar-refractivity contribution in [2.45, 2.75) is 20.0 Å². The van der Waals surface area contributed by atoms with Gasteiger partial charge >= 0.3 is 0 Å². The molecule has 2 heterocycles. The van der Waals surface area contributed by atoms with Crippen LogP contribution in [0.3, 0.4) is 0 Å². The first-order valence-electron chi connectivity index (χ1n) is 12.4. The lowest BCUT2D eigenvalue weighted by Crippen LogP contribution is -2.46. The molecule has 0 bridgehead atoms. The second kappa shape index (κ2) is 12.3. The number of anilines is 2. The second-order valence-electron chi connectivity index (χ2n) is 8.79. The minimum atomic E-state index is -0.197. The van der Waals surface area contributed by atoms with Crippen LogP contribution < -0.4 is 29.9 Å². The maximum Gasteiger partial charge on any atom is 0.244 e. The van der Waals surface area contributed by atoms with E-state index < -0.39 is 0 Å². The molecule has 1 amide bonds. The molecule has 1 N–H and O–H groups in total. The van der Waals surface area contributed by atoms with E-state index in [1.807, 2.05) is 31.2 Å². The number of carbonyl (C=O) groups excluding carboxylic acids is 1. The summed E-state index contributed by atoms with van der Waals surface area (Å²) in [6.45, 7) is 6.54. The number of rotatable bonds is 10. The van der Waals surface area contributed by atoms with Gasteiger partial charge in [0.05, 0.1) is 27.0 Å². The molecule has 4 rings (SSSR count). The summed E-state index contributed by atoms with van der Waals surface area (Å²) in [5.74, 6) is 1.61. The number of benzene rings is 2. The van der Waals surface area contributed by atoms with E-state index in [0.29, 0.717) is 18.8 Å². The average molecular weight is 507 g/mol. The molecule has 196 valence electrons. The van der Waals surface area contributed by atoms with Gasteiger partial charge in [-0.25, -0.2) is 0 Å². The molecule has 1 fully saturated rings. The zero-order valence-corrected chi connectivity index (χ0v) is 21.6. The van der Waals surface area contributed by atoms with E-state index in [2.05, 4.69) is 27.2 Å². The molecule has 37 heavy (non-hydrogen) atoms. The third-order valence-corrected chi connectivity index (χ3v) is 6.36. The first-order chi connectivity index (χ1) is 18.0. The summed E-state index contributed by atoms with van der Waals surface area (Å²) in [4.78, 5) is 30.0. The van der Waals surface area contributed by atoms with Gasteiger partial charge in [-0.15, -0.1) is 0 Å². The lowest BCUT2D eigenvalue weighted by atomic mass is 10.2. The Morgan fingerprint density at radius 3 is 2.22 bits per heavy atom. The average Bonchev–Trinajstić information content (AvgIpc) is 2.92. The van der Waals surface area contributed by atoms with Crippen LogP contribution in [0.5, 0.6) is 17.2 Å². The molecule has 1 aliphatic rings. The predicted octanol–water partition coefficient (Wildman–Crippen LogP) is 3.23. The van der Waals surface area contributed by atoms with Gasteiger partial charge in [0.25, 0.3) is 0 Å². The Bertz CT molecular complexity index is 1230. The van der Waals surface area contributed by atoms with Crippen molar-refractivity contribution in [1.29, 1.82) is 0 Å². The molecule has 2 aromatic carbocycles. The SMILES string of the molecule is CCOc1ccc(NC(=O)Cn2cc(OC)c(=O)cc2CN2CCN(c3ccc(OC)cc3)CC2)cc1. The van der Waals surface area contributed by atoms with Gasteiger partial charge in [0.2, 0.25) is 11.3 Å². The van der Waals surface area contributed by atoms with Crippen molar-refractivity contribution in [3.63, 3.8) is 0 Å². The normalized spacial score (nSPS) is 13.8. The Labute approximate surface area is 217 Å². The number of aromatic nitrogens is 1. The summed E-state index contributed by atoms with van der Waals surface area (Å²) in [6, 6.07) is 16.9. The van der Waals surface area contributed by atoms with E-state index in [1.165, 1.54) is 7.11 Å². The van der Waals surface area contributed by atoms with E-state index in [9.17, 15) is 9.59 Å².